The van der Waals surface area contributed by atoms with Crippen molar-refractivity contribution in [1.29, 1.82) is 0 Å². The molecule has 92 valence electrons. The Morgan fingerprint density at radius 2 is 1.56 bits per heavy atom. The third kappa shape index (κ3) is 2.51. The summed E-state index contributed by atoms with van der Waals surface area (Å²) in [5, 5.41) is 0. The number of hydrogen-bond donors (Lipinski definition) is 1. The Morgan fingerprint density at radius 3 is 2.11 bits per heavy atom. The molecule has 3 nitrogen and oxygen atoms in total. The summed E-state index contributed by atoms with van der Waals surface area (Å²) < 4.78 is 0. The molecule has 0 heterocycles. The van der Waals surface area contributed by atoms with E-state index < -0.39 is 0 Å². The number of carbonyl (C=O) groups excluding carboxylic acids is 1. The van der Waals surface area contributed by atoms with Crippen molar-refractivity contribution in [3.8, 4) is 0 Å². The number of nitrogens with zero attached hydrogens (tertiary/aromatic N) is 1. The summed E-state index contributed by atoms with van der Waals surface area (Å²) in [6, 6.07) is 16.9. The predicted octanol–water partition coefficient (Wildman–Crippen LogP) is 3.34. The van der Waals surface area contributed by atoms with E-state index in [1.807, 2.05) is 49.4 Å². The summed E-state index contributed by atoms with van der Waals surface area (Å²) in [4.78, 5) is 13.8. The van der Waals surface area contributed by atoms with E-state index in [-0.39, 0.29) is 5.91 Å². The van der Waals surface area contributed by atoms with Gasteiger partial charge < -0.3 is 5.73 Å². The lowest BCUT2D eigenvalue weighted by molar-refractivity contribution is -0.117. The zero-order valence-electron chi connectivity index (χ0n) is 10.3. The quantitative estimate of drug-likeness (QED) is 0.836. The number of anilines is 3. The Labute approximate surface area is 107 Å². The fourth-order valence-electron chi connectivity index (χ4n) is 1.80. The van der Waals surface area contributed by atoms with Gasteiger partial charge in [-0.1, -0.05) is 25.1 Å². The van der Waals surface area contributed by atoms with E-state index in [4.69, 9.17) is 5.73 Å². The van der Waals surface area contributed by atoms with Gasteiger partial charge in [-0.3, -0.25) is 9.69 Å². The van der Waals surface area contributed by atoms with E-state index >= 15 is 0 Å². The predicted molar refractivity (Wildman–Crippen MR) is 74.7 cm³/mol. The molecule has 0 aromatic heterocycles. The maximum Gasteiger partial charge on any atom is 0.231 e. The monoisotopic (exact) mass is 240 g/mol. The highest BCUT2D eigenvalue weighted by atomic mass is 16.2. The molecule has 2 N–H and O–H groups in total. The van der Waals surface area contributed by atoms with E-state index in [2.05, 4.69) is 0 Å². The Bertz CT molecular complexity index is 520. The number of rotatable bonds is 3. The number of benzene rings is 2. The first-order valence-electron chi connectivity index (χ1n) is 5.96. The fourth-order valence-corrected chi connectivity index (χ4v) is 1.80. The summed E-state index contributed by atoms with van der Waals surface area (Å²) in [7, 11) is 0. The molecule has 2 aromatic carbocycles. The molecular weight excluding hydrogens is 224 g/mol. The van der Waals surface area contributed by atoms with Gasteiger partial charge in [0.1, 0.15) is 0 Å². The van der Waals surface area contributed by atoms with Gasteiger partial charge in [-0.05, 0) is 36.4 Å². The van der Waals surface area contributed by atoms with Crippen molar-refractivity contribution in [3.63, 3.8) is 0 Å². The SMILES string of the molecule is CCC(=O)N(c1ccccc1)c1ccc(N)cc1. The van der Waals surface area contributed by atoms with Crippen LogP contribution < -0.4 is 10.6 Å². The highest BCUT2D eigenvalue weighted by molar-refractivity contribution is 6.00. The molecule has 18 heavy (non-hydrogen) atoms. The van der Waals surface area contributed by atoms with Gasteiger partial charge in [0, 0.05) is 23.5 Å². The van der Waals surface area contributed by atoms with Crippen LogP contribution in [0.4, 0.5) is 17.1 Å². The Hall–Kier alpha value is -2.29. The first-order chi connectivity index (χ1) is 8.72. The van der Waals surface area contributed by atoms with Crippen LogP contribution in [-0.2, 0) is 4.79 Å². The van der Waals surface area contributed by atoms with Gasteiger partial charge in [-0.25, -0.2) is 0 Å². The summed E-state index contributed by atoms with van der Waals surface area (Å²) >= 11 is 0. The molecule has 0 spiro atoms. The maximum atomic E-state index is 12.1. The molecule has 1 amide bonds. The first kappa shape index (κ1) is 12.2. The van der Waals surface area contributed by atoms with Gasteiger partial charge in [-0.2, -0.15) is 0 Å². The minimum atomic E-state index is 0.0611. The van der Waals surface area contributed by atoms with Gasteiger partial charge in [0.05, 0.1) is 0 Å². The van der Waals surface area contributed by atoms with Crippen molar-refractivity contribution in [3.05, 3.63) is 54.6 Å². The van der Waals surface area contributed by atoms with Crippen LogP contribution in [0.15, 0.2) is 54.6 Å². The molecule has 0 aliphatic carbocycles. The highest BCUT2D eigenvalue weighted by Crippen LogP contribution is 2.26. The molecule has 0 aliphatic rings. The van der Waals surface area contributed by atoms with Gasteiger partial charge in [0.2, 0.25) is 5.91 Å². The van der Waals surface area contributed by atoms with Crippen LogP contribution in [-0.4, -0.2) is 5.91 Å². The maximum absolute atomic E-state index is 12.1. The third-order valence-electron chi connectivity index (χ3n) is 2.72. The molecule has 2 rings (SSSR count). The molecule has 3 heteroatoms. The highest BCUT2D eigenvalue weighted by Gasteiger charge is 2.15. The van der Waals surface area contributed by atoms with Crippen molar-refractivity contribution in [1.82, 2.24) is 0 Å². The molecule has 0 unspecified atom stereocenters. The Balaban J connectivity index is 2.43. The van der Waals surface area contributed by atoms with Crippen LogP contribution in [0, 0.1) is 0 Å². The second-order valence-electron chi connectivity index (χ2n) is 4.01. The standard InChI is InChI=1S/C15H16N2O/c1-2-15(18)17(13-6-4-3-5-7-13)14-10-8-12(16)9-11-14/h3-11H,2,16H2,1H3. The minimum absolute atomic E-state index is 0.0611. The van der Waals surface area contributed by atoms with Gasteiger partial charge >= 0.3 is 0 Å². The van der Waals surface area contributed by atoms with Crippen LogP contribution in [0.25, 0.3) is 0 Å². The lowest BCUT2D eigenvalue weighted by atomic mass is 10.2. The average Bonchev–Trinajstić information content (AvgIpc) is 2.42. The summed E-state index contributed by atoms with van der Waals surface area (Å²) in [6.07, 6.45) is 0.458. The van der Waals surface area contributed by atoms with Crippen molar-refractivity contribution in [2.45, 2.75) is 13.3 Å². The average molecular weight is 240 g/mol. The molecule has 0 atom stereocenters. The molecule has 0 bridgehead atoms. The molecule has 2 aromatic rings. The number of amides is 1. The van der Waals surface area contributed by atoms with Crippen LogP contribution in [0.2, 0.25) is 0 Å². The van der Waals surface area contributed by atoms with Crippen molar-refractivity contribution in [2.75, 3.05) is 10.6 Å². The topological polar surface area (TPSA) is 46.3 Å². The zero-order valence-corrected chi connectivity index (χ0v) is 10.3. The van der Waals surface area contributed by atoms with Crippen molar-refractivity contribution >= 4 is 23.0 Å². The first-order valence-corrected chi connectivity index (χ1v) is 5.96. The number of para-hydroxylation sites is 1. The number of nitrogen functional groups attached to an aromatic ring is 1. The molecule has 0 fully saturated rings. The molecule has 0 saturated carbocycles. The van der Waals surface area contributed by atoms with E-state index in [1.54, 1.807) is 17.0 Å². The Morgan fingerprint density at radius 1 is 1.00 bits per heavy atom. The van der Waals surface area contributed by atoms with Crippen LogP contribution >= 0.6 is 0 Å². The van der Waals surface area contributed by atoms with Gasteiger partial charge in [0.15, 0.2) is 0 Å². The third-order valence-corrected chi connectivity index (χ3v) is 2.72. The largest absolute Gasteiger partial charge is 0.399 e. The zero-order chi connectivity index (χ0) is 13.0. The van der Waals surface area contributed by atoms with E-state index in [0.717, 1.165) is 11.4 Å². The lowest BCUT2D eigenvalue weighted by Gasteiger charge is -2.22. The molecule has 0 aliphatic heterocycles. The summed E-state index contributed by atoms with van der Waals surface area (Å²) in [6.45, 7) is 1.86. The minimum Gasteiger partial charge on any atom is -0.399 e. The second kappa shape index (κ2) is 5.36. The van der Waals surface area contributed by atoms with Crippen LogP contribution in [0.3, 0.4) is 0 Å². The van der Waals surface area contributed by atoms with Crippen LogP contribution in [0.1, 0.15) is 13.3 Å². The number of hydrogen-bond acceptors (Lipinski definition) is 2. The van der Waals surface area contributed by atoms with Crippen molar-refractivity contribution < 1.29 is 4.79 Å². The number of carbonyl (C=O) groups is 1. The normalized spacial score (nSPS) is 10.1. The smallest absolute Gasteiger partial charge is 0.231 e. The second-order valence-corrected chi connectivity index (χ2v) is 4.01. The number of nitrogens with two attached hydrogens (primary N) is 1. The van der Waals surface area contributed by atoms with E-state index in [0.29, 0.717) is 12.1 Å². The summed E-state index contributed by atoms with van der Waals surface area (Å²) in [5.74, 6) is 0.0611. The molecule has 0 radical (unpaired) electrons. The van der Waals surface area contributed by atoms with E-state index in [9.17, 15) is 4.79 Å². The Kier molecular flexibility index (Phi) is 3.63. The van der Waals surface area contributed by atoms with E-state index in [1.165, 1.54) is 0 Å². The lowest BCUT2D eigenvalue weighted by Crippen LogP contribution is -2.24. The van der Waals surface area contributed by atoms with Crippen LogP contribution in [0.5, 0.6) is 0 Å². The van der Waals surface area contributed by atoms with Crippen molar-refractivity contribution in [2.24, 2.45) is 0 Å². The molecular formula is C15H16N2O. The fraction of sp³-hybridized carbons (Fsp3) is 0.133. The summed E-state index contributed by atoms with van der Waals surface area (Å²) in [5.41, 5.74) is 8.07. The van der Waals surface area contributed by atoms with Gasteiger partial charge in [0.25, 0.3) is 0 Å². The van der Waals surface area contributed by atoms with Gasteiger partial charge in [-0.15, -0.1) is 0 Å². The molecule has 0 saturated heterocycles.